The Morgan fingerprint density at radius 2 is 1.15 bits per heavy atom. The highest BCUT2D eigenvalue weighted by atomic mass is 31.0. The Labute approximate surface area is 235 Å². The normalized spacial score (nSPS) is 17.5. The molecule has 3 heterocycles. The minimum Gasteiger partial charge on any atom is -0.493 e. The highest BCUT2D eigenvalue weighted by Crippen LogP contribution is 2.34. The van der Waals surface area contributed by atoms with Crippen LogP contribution in [0.2, 0.25) is 0 Å². The highest BCUT2D eigenvalue weighted by Gasteiger charge is 2.43. The van der Waals surface area contributed by atoms with E-state index >= 15 is 0 Å². The molecule has 0 amide bonds. The van der Waals surface area contributed by atoms with Crippen LogP contribution in [0.5, 0.6) is 17.2 Å². The third-order valence-corrected chi connectivity index (χ3v) is 7.41. The summed E-state index contributed by atoms with van der Waals surface area (Å²) in [7, 11) is 2.74. The average molecular weight is 558 g/mol. The number of carbonyl (C=O) groups excluding carboxylic acids is 2. The SMILES string of the molecule is CCCCOc1cc(OCCCC)c(P)c(OCCCC)c1.O=C1C=C(N2CC2)C(=O)C(N2CC2)=C1N1CC1. The first-order valence-electron chi connectivity index (χ1n) is 14.6. The van der Waals surface area contributed by atoms with Gasteiger partial charge in [0.15, 0.2) is 0 Å². The zero-order valence-corrected chi connectivity index (χ0v) is 25.0. The lowest BCUT2D eigenvalue weighted by Gasteiger charge is -2.21. The molecule has 1 aliphatic carbocycles. The molecule has 3 aliphatic heterocycles. The van der Waals surface area contributed by atoms with E-state index in [1.54, 1.807) is 0 Å². The summed E-state index contributed by atoms with van der Waals surface area (Å²) in [6, 6.07) is 3.95. The van der Waals surface area contributed by atoms with Gasteiger partial charge in [-0.3, -0.25) is 9.59 Å². The van der Waals surface area contributed by atoms with E-state index in [4.69, 9.17) is 14.2 Å². The molecule has 39 heavy (non-hydrogen) atoms. The van der Waals surface area contributed by atoms with Gasteiger partial charge in [0, 0.05) is 57.5 Å². The van der Waals surface area contributed by atoms with Crippen molar-refractivity contribution in [3.63, 3.8) is 0 Å². The van der Waals surface area contributed by atoms with Gasteiger partial charge in [-0.15, -0.1) is 0 Å². The van der Waals surface area contributed by atoms with Crippen LogP contribution in [-0.4, -0.2) is 85.4 Å². The molecule has 5 rings (SSSR count). The van der Waals surface area contributed by atoms with E-state index in [2.05, 4.69) is 30.0 Å². The molecule has 8 nitrogen and oxygen atoms in total. The van der Waals surface area contributed by atoms with Gasteiger partial charge in [-0.05, 0) is 19.3 Å². The van der Waals surface area contributed by atoms with Crippen molar-refractivity contribution in [2.75, 3.05) is 59.1 Å². The van der Waals surface area contributed by atoms with Crippen molar-refractivity contribution < 1.29 is 23.8 Å². The fourth-order valence-corrected chi connectivity index (χ4v) is 4.50. The van der Waals surface area contributed by atoms with E-state index in [0.29, 0.717) is 17.1 Å². The monoisotopic (exact) mass is 557 g/mol. The lowest BCUT2D eigenvalue weighted by Crippen LogP contribution is -2.29. The van der Waals surface area contributed by atoms with Gasteiger partial charge in [-0.2, -0.15) is 0 Å². The van der Waals surface area contributed by atoms with Gasteiger partial charge in [-0.25, -0.2) is 0 Å². The summed E-state index contributed by atoms with van der Waals surface area (Å²) >= 11 is 0. The minimum absolute atomic E-state index is 0.00546. The molecule has 0 radical (unpaired) electrons. The molecule has 3 saturated heterocycles. The predicted octanol–water partition coefficient (Wildman–Crippen LogP) is 3.90. The van der Waals surface area contributed by atoms with Gasteiger partial charge in [0.1, 0.15) is 28.6 Å². The summed E-state index contributed by atoms with van der Waals surface area (Å²) in [5.41, 5.74) is 1.89. The standard InChI is InChI=1S/C18H31O3P.C12H13N3O2/c1-4-7-10-19-15-13-16(20-11-8-5-2)18(22)17(14-15)21-12-9-6-3;16-9-7-8(13-1-2-13)12(17)11(15-5-6-15)10(9)14-3-4-14/h13-14H,4-12,22H2,1-3H3;7H,1-6H2. The van der Waals surface area contributed by atoms with E-state index in [1.165, 1.54) is 6.08 Å². The Kier molecular flexibility index (Phi) is 10.6. The van der Waals surface area contributed by atoms with Gasteiger partial charge in [0.2, 0.25) is 11.6 Å². The summed E-state index contributed by atoms with van der Waals surface area (Å²) in [4.78, 5) is 30.5. The smallest absolute Gasteiger partial charge is 0.227 e. The fraction of sp³-hybridized carbons (Fsp3) is 0.600. The highest BCUT2D eigenvalue weighted by molar-refractivity contribution is 7.28. The fourth-order valence-electron chi connectivity index (χ4n) is 4.16. The maximum atomic E-state index is 12.4. The summed E-state index contributed by atoms with van der Waals surface area (Å²) in [5.74, 6) is 2.57. The first kappa shape index (κ1) is 29.3. The Bertz CT molecular complexity index is 1060. The number of hydrogen-bond donors (Lipinski definition) is 0. The quantitative estimate of drug-likeness (QED) is 0.139. The van der Waals surface area contributed by atoms with E-state index in [9.17, 15) is 9.59 Å². The summed E-state index contributed by atoms with van der Waals surface area (Å²) < 4.78 is 17.6. The molecule has 1 atom stereocenters. The van der Waals surface area contributed by atoms with Crippen LogP contribution in [0.1, 0.15) is 59.3 Å². The first-order valence-corrected chi connectivity index (χ1v) is 15.2. The number of carbonyl (C=O) groups is 2. The second kappa shape index (κ2) is 14.1. The molecule has 3 fully saturated rings. The van der Waals surface area contributed by atoms with E-state index in [-0.39, 0.29) is 11.6 Å². The zero-order chi connectivity index (χ0) is 27.8. The van der Waals surface area contributed by atoms with Gasteiger partial charge >= 0.3 is 0 Å². The molecule has 0 bridgehead atoms. The van der Waals surface area contributed by atoms with Crippen LogP contribution in [0, 0.1) is 0 Å². The van der Waals surface area contributed by atoms with Crippen LogP contribution in [0.25, 0.3) is 0 Å². The maximum absolute atomic E-state index is 12.4. The average Bonchev–Trinajstić information content (AvgIpc) is 3.77. The summed E-state index contributed by atoms with van der Waals surface area (Å²) in [5, 5.41) is 0.982. The molecule has 1 aromatic carbocycles. The lowest BCUT2D eigenvalue weighted by molar-refractivity contribution is -0.117. The summed E-state index contributed by atoms with van der Waals surface area (Å²) in [6.07, 6.45) is 8.06. The largest absolute Gasteiger partial charge is 0.493 e. The van der Waals surface area contributed by atoms with Crippen LogP contribution >= 0.6 is 9.24 Å². The van der Waals surface area contributed by atoms with E-state index < -0.39 is 0 Å². The van der Waals surface area contributed by atoms with Gasteiger partial charge < -0.3 is 28.9 Å². The molecule has 0 saturated carbocycles. The first-order chi connectivity index (χ1) is 19.0. The van der Waals surface area contributed by atoms with Crippen molar-refractivity contribution in [2.24, 2.45) is 0 Å². The van der Waals surface area contributed by atoms with Crippen LogP contribution in [-0.2, 0) is 9.59 Å². The molecule has 1 unspecified atom stereocenters. The lowest BCUT2D eigenvalue weighted by atomic mass is 10.0. The van der Waals surface area contributed by atoms with Gasteiger partial charge in [0.25, 0.3) is 0 Å². The van der Waals surface area contributed by atoms with Crippen LogP contribution in [0.3, 0.4) is 0 Å². The van der Waals surface area contributed by atoms with Gasteiger partial charge in [-0.1, -0.05) is 49.3 Å². The Morgan fingerprint density at radius 1 is 0.692 bits per heavy atom. The second-order valence-electron chi connectivity index (χ2n) is 10.3. The van der Waals surface area contributed by atoms with Crippen molar-refractivity contribution >= 4 is 26.1 Å². The molecular formula is C30H44N3O5P. The van der Waals surface area contributed by atoms with Crippen molar-refractivity contribution in [2.45, 2.75) is 59.3 Å². The number of ether oxygens (including phenoxy) is 3. The van der Waals surface area contributed by atoms with Crippen LogP contribution in [0.4, 0.5) is 0 Å². The summed E-state index contributed by atoms with van der Waals surface area (Å²) in [6.45, 7) is 14.1. The Hall–Kier alpha value is -2.73. The van der Waals surface area contributed by atoms with Crippen molar-refractivity contribution in [3.8, 4) is 17.2 Å². The molecule has 0 aromatic heterocycles. The second-order valence-corrected chi connectivity index (χ2v) is 10.9. The van der Waals surface area contributed by atoms with E-state index in [1.807, 2.05) is 26.8 Å². The van der Waals surface area contributed by atoms with Crippen LogP contribution < -0.4 is 19.5 Å². The minimum atomic E-state index is 0.00546. The third kappa shape index (κ3) is 8.14. The number of allylic oxidation sites excluding steroid dienone is 1. The Morgan fingerprint density at radius 3 is 1.62 bits per heavy atom. The maximum Gasteiger partial charge on any atom is 0.227 e. The number of nitrogens with zero attached hydrogens (tertiary/aromatic N) is 3. The zero-order valence-electron chi connectivity index (χ0n) is 23.8. The molecule has 214 valence electrons. The van der Waals surface area contributed by atoms with Crippen molar-refractivity contribution in [1.82, 2.24) is 14.7 Å². The molecule has 4 aliphatic rings. The van der Waals surface area contributed by atoms with E-state index in [0.717, 1.165) is 120 Å². The number of benzene rings is 1. The number of hydrogen-bond acceptors (Lipinski definition) is 8. The number of Topliss-reactive ketones (excluding diaryl/α,β-unsaturated/α-hetero) is 1. The van der Waals surface area contributed by atoms with Gasteiger partial charge in [0.05, 0.1) is 30.8 Å². The molecular weight excluding hydrogens is 513 g/mol. The molecule has 0 spiro atoms. The number of rotatable bonds is 15. The van der Waals surface area contributed by atoms with Crippen molar-refractivity contribution in [1.29, 1.82) is 0 Å². The third-order valence-electron chi connectivity index (χ3n) is 6.84. The topological polar surface area (TPSA) is 70.9 Å². The van der Waals surface area contributed by atoms with Crippen LogP contribution in [0.15, 0.2) is 35.3 Å². The molecule has 9 heteroatoms. The Balaban J connectivity index is 0.000000185. The number of ketones is 2. The molecule has 1 aromatic rings. The molecule has 0 N–H and O–H groups in total. The predicted molar refractivity (Wildman–Crippen MR) is 157 cm³/mol. The number of unbranched alkanes of at least 4 members (excludes halogenated alkanes) is 3. The van der Waals surface area contributed by atoms with Crippen molar-refractivity contribution in [3.05, 3.63) is 35.3 Å².